The molecule has 7 aliphatic rings. The van der Waals surface area contributed by atoms with E-state index in [9.17, 15) is 41.9 Å². The summed E-state index contributed by atoms with van der Waals surface area (Å²) >= 11 is 6.41. The van der Waals surface area contributed by atoms with Crippen LogP contribution in [0.3, 0.4) is 0 Å². The number of alkyl halides is 4. The fraction of sp³-hybridized carbons (Fsp3) is 0.836. The van der Waals surface area contributed by atoms with Crippen LogP contribution in [0.15, 0.2) is 0 Å². The molecule has 24 nitrogen and oxygen atoms in total. The van der Waals surface area contributed by atoms with Gasteiger partial charge in [-0.25, -0.2) is 0 Å². The normalized spacial score (nSPS) is 29.6. The summed E-state index contributed by atoms with van der Waals surface area (Å²) in [7, 11) is 10.1. The number of hydrogen-bond donors (Lipinski definition) is 3. The van der Waals surface area contributed by atoms with Crippen LogP contribution < -0.4 is 16.0 Å². The third-order valence-electron chi connectivity index (χ3n) is 23.1. The lowest BCUT2D eigenvalue weighted by Crippen LogP contribution is -2.65. The largest absolute Gasteiger partial charge is 0.393 e. The number of nitrogens with one attached hydrogen (secondary N) is 3. The van der Waals surface area contributed by atoms with Gasteiger partial charge in [0.25, 0.3) is 0 Å². The minimum Gasteiger partial charge on any atom is -0.343 e. The van der Waals surface area contributed by atoms with Crippen LogP contribution in [0, 0.1) is 29.6 Å². The first-order chi connectivity index (χ1) is 47.8. The van der Waals surface area contributed by atoms with Crippen molar-refractivity contribution < 1.29 is 70.7 Å². The molecule has 4 aliphatic carbocycles. The Kier molecular flexibility index (Phi) is 30.4. The molecule has 3 N–H and O–H groups in total. The monoisotopic (exact) mass is 1450 g/mol. The van der Waals surface area contributed by atoms with Gasteiger partial charge in [-0.05, 0) is 133 Å². The van der Waals surface area contributed by atoms with E-state index in [1.807, 2.05) is 20.8 Å². The van der Waals surface area contributed by atoms with Crippen LogP contribution in [-0.4, -0.2) is 263 Å². The average Bonchev–Trinajstić information content (AvgIpc) is 1.60. The van der Waals surface area contributed by atoms with E-state index in [1.54, 1.807) is 4.90 Å². The molecule has 7 rings (SSSR count). The minimum atomic E-state index is -4.51. The van der Waals surface area contributed by atoms with Gasteiger partial charge in [0.15, 0.2) is 0 Å². The number of amides is 12. The zero-order valence-corrected chi connectivity index (χ0v) is 62.7. The Hall–Kier alpha value is -6.28. The highest BCUT2D eigenvalue weighted by molar-refractivity contribution is 6.21. The van der Waals surface area contributed by atoms with Crippen molar-refractivity contribution in [3.05, 3.63) is 0 Å². The number of carbonyl (C=O) groups excluding carboxylic acids is 12. The second-order valence-corrected chi connectivity index (χ2v) is 31.6. The van der Waals surface area contributed by atoms with E-state index in [2.05, 4.69) is 16.0 Å². The second kappa shape index (κ2) is 37.4. The maximum atomic E-state index is 15.8. The van der Waals surface area contributed by atoms with E-state index in [1.165, 1.54) is 83.6 Å². The molecule has 3 heterocycles. The average molecular weight is 1450 g/mol. The Balaban J connectivity index is 1.27. The summed E-state index contributed by atoms with van der Waals surface area (Å²) in [6.45, 7) is 4.92. The van der Waals surface area contributed by atoms with Crippen LogP contribution in [0.2, 0.25) is 0 Å². The Labute approximate surface area is 601 Å². The third kappa shape index (κ3) is 21.4. The van der Waals surface area contributed by atoms with Crippen LogP contribution in [0.4, 0.5) is 13.2 Å². The van der Waals surface area contributed by atoms with Gasteiger partial charge in [0.05, 0.1) is 32.0 Å². The van der Waals surface area contributed by atoms with Crippen molar-refractivity contribution in [3.63, 3.8) is 0 Å². The molecule has 3 unspecified atom stereocenters. The predicted octanol–water partition coefficient (Wildman–Crippen LogP) is 6.63. The fourth-order valence-corrected chi connectivity index (χ4v) is 17.4. The minimum absolute atomic E-state index is 0.00385. The van der Waals surface area contributed by atoms with Crippen molar-refractivity contribution in [1.82, 2.24) is 60.0 Å². The number of nitrogens with zero attached hydrogens (tertiary/aromatic N) is 9. The van der Waals surface area contributed by atoms with Crippen LogP contribution in [-0.2, 0) is 57.5 Å². The molecule has 0 bridgehead atoms. The summed E-state index contributed by atoms with van der Waals surface area (Å²) in [6, 6.07) is -8.45. The number of fused-ring (bicyclic) bond motifs is 1. The number of piperidine rings is 1. The molecular formula is C73H118ClF3N12O12. The van der Waals surface area contributed by atoms with Crippen LogP contribution in [0.1, 0.15) is 213 Å². The molecule has 101 heavy (non-hydrogen) atoms. The van der Waals surface area contributed by atoms with Crippen molar-refractivity contribution >= 4 is 82.5 Å². The Morgan fingerprint density at radius 3 is 1.77 bits per heavy atom. The molecule has 3 aliphatic heterocycles. The van der Waals surface area contributed by atoms with Gasteiger partial charge in [-0.1, -0.05) is 97.8 Å². The fourth-order valence-electron chi connectivity index (χ4n) is 16.9. The van der Waals surface area contributed by atoms with Crippen LogP contribution in [0.25, 0.3) is 0 Å². The molecule has 4 saturated carbocycles. The summed E-state index contributed by atoms with van der Waals surface area (Å²) in [4.78, 5) is 191. The molecule has 0 aromatic rings. The van der Waals surface area contributed by atoms with Gasteiger partial charge in [-0.2, -0.15) is 13.2 Å². The number of likely N-dealkylation sites (N-methyl/N-ethyl adjacent to an activating group) is 7. The quantitative estimate of drug-likeness (QED) is 0.174. The maximum Gasteiger partial charge on any atom is 0.393 e. The van der Waals surface area contributed by atoms with E-state index in [0.29, 0.717) is 70.9 Å². The molecule has 570 valence electrons. The van der Waals surface area contributed by atoms with E-state index in [4.69, 9.17) is 11.6 Å². The molecule has 10 atom stereocenters. The van der Waals surface area contributed by atoms with Gasteiger partial charge in [0.2, 0.25) is 70.9 Å². The molecular weight excluding hydrogens is 1330 g/mol. The van der Waals surface area contributed by atoms with Crippen molar-refractivity contribution in [2.75, 3.05) is 88.6 Å². The molecule has 28 heteroatoms. The standard InChI is InChI=1S/C73H118ClF3N12O12/c1-11-12-29-53-66(96)83(6)45-61(92)81(4)46-62(93)85(8)57(42-48-25-16-13-17-26-48)68(98)82(5)44-59(90)78-54(34-32-49-31-33-51(52(74)41-49)73(75,76)77)67(97)89-39-24-30-55(89)65(95)80-72(35-20-21-36-72)71(101)87(10)63(50-27-18-14-19-28-50)70(100)86(9)58(69(99)88-37-22-15-23-38-88)43-60(91)84(7)56(40-47(2)3)64(94)79-53/h47-58,63H,11-46H2,1-10H3,(H,78,90)(H,79,94)(H,80,95)/t49?,51?,52?,53-,54-,55-,56-,57-,58-,63-/m0/s1. The van der Waals surface area contributed by atoms with Crippen LogP contribution >= 0.6 is 11.6 Å². The van der Waals surface area contributed by atoms with Gasteiger partial charge < -0.3 is 60.0 Å². The first kappa shape index (κ1) is 82.0. The molecule has 0 aromatic carbocycles. The Morgan fingerprint density at radius 2 is 1.16 bits per heavy atom. The molecule has 12 amide bonds. The summed E-state index contributed by atoms with van der Waals surface area (Å²) in [5.74, 6) is -9.92. The highest BCUT2D eigenvalue weighted by atomic mass is 35.5. The molecule has 7 fully saturated rings. The van der Waals surface area contributed by atoms with Crippen molar-refractivity contribution in [1.29, 1.82) is 0 Å². The summed E-state index contributed by atoms with van der Waals surface area (Å²) in [5.41, 5.74) is -1.55. The highest BCUT2D eigenvalue weighted by Gasteiger charge is 2.52. The van der Waals surface area contributed by atoms with Crippen molar-refractivity contribution in [2.24, 2.45) is 29.6 Å². The topological polar surface area (TPSA) is 270 Å². The smallest absolute Gasteiger partial charge is 0.343 e. The lowest BCUT2D eigenvalue weighted by Gasteiger charge is -2.43. The van der Waals surface area contributed by atoms with Crippen LogP contribution in [0.5, 0.6) is 0 Å². The summed E-state index contributed by atoms with van der Waals surface area (Å²) in [5, 5.41) is 7.64. The molecule has 0 radical (unpaired) electrons. The van der Waals surface area contributed by atoms with E-state index in [-0.39, 0.29) is 101 Å². The molecule has 0 aromatic heterocycles. The third-order valence-corrected chi connectivity index (χ3v) is 23.6. The number of carbonyl (C=O) groups is 12. The van der Waals surface area contributed by atoms with Gasteiger partial charge in [-0.3, -0.25) is 57.5 Å². The number of halogens is 4. The number of unbranched alkanes of at least 4 members (excludes halogenated alkanes) is 1. The number of hydrogen-bond acceptors (Lipinski definition) is 12. The SMILES string of the molecule is CCCC[C@@H]1NC(=O)[C@H](CC(C)C)N(C)C(=O)C[C@@H](C(=O)N2CCCCC2)N(C)C(=O)[C@H](C2CCCCC2)N(C)C(=O)C2(CCCC2)NC(=O)[C@@H]2CCCN2C(=O)[C@H](CCC2CCC(C(F)(F)F)C(Cl)C2)NC(=O)CN(C)C(=O)[C@H](CC2CCCCC2)N(C)C(=O)CN(C)C(=O)CN(C)C1=O. The van der Waals surface area contributed by atoms with E-state index >= 15 is 28.8 Å². The zero-order chi connectivity index (χ0) is 74.2. The summed E-state index contributed by atoms with van der Waals surface area (Å²) < 4.78 is 42.1. The van der Waals surface area contributed by atoms with Gasteiger partial charge in [0.1, 0.15) is 47.8 Å². The van der Waals surface area contributed by atoms with Gasteiger partial charge in [-0.15, -0.1) is 11.6 Å². The second-order valence-electron chi connectivity index (χ2n) is 31.1. The number of rotatable bonds is 12. The molecule has 1 spiro atoms. The van der Waals surface area contributed by atoms with E-state index < -0.39 is 162 Å². The van der Waals surface area contributed by atoms with Crippen molar-refractivity contribution in [3.8, 4) is 0 Å². The Morgan fingerprint density at radius 1 is 0.564 bits per heavy atom. The first-order valence-corrected chi connectivity index (χ1v) is 38.2. The van der Waals surface area contributed by atoms with Gasteiger partial charge >= 0.3 is 6.18 Å². The van der Waals surface area contributed by atoms with E-state index in [0.717, 1.165) is 62.7 Å². The predicted molar refractivity (Wildman–Crippen MR) is 375 cm³/mol. The summed E-state index contributed by atoms with van der Waals surface area (Å²) in [6.07, 6.45) is 8.93. The van der Waals surface area contributed by atoms with Gasteiger partial charge in [0, 0.05) is 74.3 Å². The molecule has 3 saturated heterocycles. The first-order valence-electron chi connectivity index (χ1n) is 37.8. The highest BCUT2D eigenvalue weighted by Crippen LogP contribution is 2.44. The Bertz CT molecular complexity index is 2900. The lowest BCUT2D eigenvalue weighted by molar-refractivity contribution is -0.182. The zero-order valence-electron chi connectivity index (χ0n) is 61.9. The maximum absolute atomic E-state index is 15.8. The lowest BCUT2D eigenvalue weighted by atomic mass is 9.78. The number of likely N-dealkylation sites (tertiary alicyclic amines) is 1. The van der Waals surface area contributed by atoms with Crippen molar-refractivity contribution in [2.45, 2.75) is 273 Å².